The molecule has 2 rings (SSSR count). The molecule has 0 bridgehead atoms. The molecule has 0 radical (unpaired) electrons. The van der Waals surface area contributed by atoms with Crippen LogP contribution in [0.5, 0.6) is 5.75 Å². The molecule has 0 saturated carbocycles. The second-order valence-electron chi connectivity index (χ2n) is 3.43. The van der Waals surface area contributed by atoms with E-state index >= 15 is 0 Å². The number of rotatable bonds is 2. The summed E-state index contributed by atoms with van der Waals surface area (Å²) in [7, 11) is 1.73. The maximum Gasteiger partial charge on any atom is 0.573 e. The van der Waals surface area contributed by atoms with Crippen molar-refractivity contribution in [3.05, 3.63) is 29.0 Å². The van der Waals surface area contributed by atoms with Crippen molar-refractivity contribution in [3.63, 3.8) is 0 Å². The molecule has 8 heteroatoms. The largest absolute Gasteiger partial charge is 0.573 e. The van der Waals surface area contributed by atoms with Gasteiger partial charge in [-0.25, -0.2) is 0 Å². The van der Waals surface area contributed by atoms with Crippen molar-refractivity contribution in [3.8, 4) is 17.1 Å². The van der Waals surface area contributed by atoms with Gasteiger partial charge in [-0.3, -0.25) is 9.67 Å². The highest BCUT2D eigenvalue weighted by atomic mass is 79.9. The summed E-state index contributed by atoms with van der Waals surface area (Å²) in [5, 5.41) is 4.13. The summed E-state index contributed by atoms with van der Waals surface area (Å²) < 4.78 is 41.9. The van der Waals surface area contributed by atoms with E-state index in [1.54, 1.807) is 17.9 Å². The first-order chi connectivity index (χ1) is 8.35. The van der Waals surface area contributed by atoms with E-state index in [2.05, 4.69) is 30.7 Å². The van der Waals surface area contributed by atoms with Crippen molar-refractivity contribution >= 4 is 15.9 Å². The molecule has 96 valence electrons. The summed E-state index contributed by atoms with van der Waals surface area (Å²) in [4.78, 5) is 3.88. The van der Waals surface area contributed by atoms with Crippen LogP contribution in [-0.4, -0.2) is 21.1 Å². The number of aryl methyl sites for hydroxylation is 1. The van der Waals surface area contributed by atoms with Crippen molar-refractivity contribution in [2.24, 2.45) is 7.05 Å². The molecule has 0 atom stereocenters. The van der Waals surface area contributed by atoms with E-state index in [1.807, 2.05) is 0 Å². The van der Waals surface area contributed by atoms with Gasteiger partial charge in [-0.15, -0.1) is 13.2 Å². The van der Waals surface area contributed by atoms with E-state index < -0.39 is 6.36 Å². The normalized spacial score (nSPS) is 11.6. The Kier molecular flexibility index (Phi) is 3.29. The average Bonchev–Trinajstić information content (AvgIpc) is 2.57. The van der Waals surface area contributed by atoms with Gasteiger partial charge in [-0.05, 0) is 28.1 Å². The fourth-order valence-electron chi connectivity index (χ4n) is 1.35. The lowest BCUT2D eigenvalue weighted by Crippen LogP contribution is -2.17. The Morgan fingerprint density at radius 1 is 1.33 bits per heavy atom. The van der Waals surface area contributed by atoms with Gasteiger partial charge in [-0.2, -0.15) is 5.10 Å². The molecule has 18 heavy (non-hydrogen) atoms. The molecule has 0 unspecified atom stereocenters. The fraction of sp³-hybridized carbons (Fsp3) is 0.200. The molecule has 2 heterocycles. The first kappa shape index (κ1) is 12.9. The van der Waals surface area contributed by atoms with Gasteiger partial charge in [0.25, 0.3) is 0 Å². The van der Waals surface area contributed by atoms with Crippen LogP contribution in [0.1, 0.15) is 0 Å². The van der Waals surface area contributed by atoms with Crippen molar-refractivity contribution in [1.29, 1.82) is 0 Å². The number of alkyl halides is 3. The van der Waals surface area contributed by atoms with Crippen LogP contribution >= 0.6 is 15.9 Å². The minimum Gasteiger partial charge on any atom is -0.404 e. The van der Waals surface area contributed by atoms with Crippen LogP contribution in [0.25, 0.3) is 11.4 Å². The van der Waals surface area contributed by atoms with E-state index in [4.69, 9.17) is 0 Å². The molecule has 0 aliphatic rings. The molecule has 0 N–H and O–H groups in total. The highest BCUT2D eigenvalue weighted by molar-refractivity contribution is 9.10. The van der Waals surface area contributed by atoms with Crippen LogP contribution in [0.2, 0.25) is 0 Å². The lowest BCUT2D eigenvalue weighted by Gasteiger charge is -2.08. The standard InChI is InChI=1S/C10H7BrF3N3O/c1-17-5-7(11)9(16-17)8-3-2-6(4-15-8)18-10(12,13)14/h2-5H,1H3. The Balaban J connectivity index is 2.25. The molecule has 4 nitrogen and oxygen atoms in total. The van der Waals surface area contributed by atoms with Crippen LogP contribution in [0.4, 0.5) is 13.2 Å². The summed E-state index contributed by atoms with van der Waals surface area (Å²) in [5.74, 6) is -0.363. The number of pyridine rings is 1. The second kappa shape index (κ2) is 4.60. The van der Waals surface area contributed by atoms with E-state index in [0.717, 1.165) is 6.20 Å². The molecular formula is C10H7BrF3N3O. The second-order valence-corrected chi connectivity index (χ2v) is 4.28. The predicted octanol–water partition coefficient (Wildman–Crippen LogP) is 3.14. The lowest BCUT2D eigenvalue weighted by molar-refractivity contribution is -0.274. The number of aromatic nitrogens is 3. The van der Waals surface area contributed by atoms with Crippen molar-refractivity contribution < 1.29 is 17.9 Å². The molecular weight excluding hydrogens is 315 g/mol. The van der Waals surface area contributed by atoms with Crippen molar-refractivity contribution in [2.45, 2.75) is 6.36 Å². The number of ether oxygens (including phenoxy) is 1. The molecule has 0 aliphatic carbocycles. The zero-order valence-electron chi connectivity index (χ0n) is 9.07. The Bertz CT molecular complexity index is 550. The topological polar surface area (TPSA) is 39.9 Å². The molecule has 2 aromatic rings. The van der Waals surface area contributed by atoms with E-state index in [-0.39, 0.29) is 5.75 Å². The third-order valence-corrected chi connectivity index (χ3v) is 2.58. The van der Waals surface area contributed by atoms with E-state index in [1.165, 1.54) is 12.1 Å². The summed E-state index contributed by atoms with van der Waals surface area (Å²) in [6.45, 7) is 0. The smallest absolute Gasteiger partial charge is 0.404 e. The molecule has 0 aromatic carbocycles. The molecule has 0 aliphatic heterocycles. The highest BCUT2D eigenvalue weighted by Gasteiger charge is 2.31. The average molecular weight is 322 g/mol. The van der Waals surface area contributed by atoms with Crippen LogP contribution in [0.15, 0.2) is 29.0 Å². The van der Waals surface area contributed by atoms with Crippen LogP contribution in [-0.2, 0) is 7.05 Å². The van der Waals surface area contributed by atoms with Gasteiger partial charge in [0.15, 0.2) is 0 Å². The highest BCUT2D eigenvalue weighted by Crippen LogP contribution is 2.27. The minimum absolute atomic E-state index is 0.363. The Morgan fingerprint density at radius 3 is 2.50 bits per heavy atom. The van der Waals surface area contributed by atoms with Gasteiger partial charge in [0, 0.05) is 13.2 Å². The zero-order chi connectivity index (χ0) is 13.3. The maximum atomic E-state index is 12.0. The Hall–Kier alpha value is -1.57. The molecule has 0 saturated heterocycles. The summed E-state index contributed by atoms with van der Waals surface area (Å²) in [6.07, 6.45) is -1.99. The van der Waals surface area contributed by atoms with Crippen LogP contribution < -0.4 is 4.74 Å². The zero-order valence-corrected chi connectivity index (χ0v) is 10.7. The number of hydrogen-bond donors (Lipinski definition) is 0. The Morgan fingerprint density at radius 2 is 2.06 bits per heavy atom. The first-order valence-corrected chi connectivity index (χ1v) is 5.56. The molecule has 0 spiro atoms. The Labute approximate surface area is 109 Å². The third kappa shape index (κ3) is 3.00. The quantitative estimate of drug-likeness (QED) is 0.853. The monoisotopic (exact) mass is 321 g/mol. The van der Waals surface area contributed by atoms with Gasteiger partial charge in [0.2, 0.25) is 0 Å². The fourth-order valence-corrected chi connectivity index (χ4v) is 1.93. The third-order valence-electron chi connectivity index (χ3n) is 2.00. The summed E-state index contributed by atoms with van der Waals surface area (Å²) in [6, 6.07) is 2.60. The van der Waals surface area contributed by atoms with Gasteiger partial charge < -0.3 is 4.74 Å². The van der Waals surface area contributed by atoms with E-state index in [9.17, 15) is 13.2 Å². The maximum absolute atomic E-state index is 12.0. The number of nitrogens with zero attached hydrogens (tertiary/aromatic N) is 3. The molecule has 0 amide bonds. The summed E-state index contributed by atoms with van der Waals surface area (Å²) in [5.41, 5.74) is 1.01. The predicted molar refractivity (Wildman–Crippen MR) is 60.8 cm³/mol. The van der Waals surface area contributed by atoms with Crippen LogP contribution in [0, 0.1) is 0 Å². The van der Waals surface area contributed by atoms with Crippen molar-refractivity contribution in [1.82, 2.24) is 14.8 Å². The summed E-state index contributed by atoms with van der Waals surface area (Å²) >= 11 is 3.29. The SMILES string of the molecule is Cn1cc(Br)c(-c2ccc(OC(F)(F)F)cn2)n1. The minimum atomic E-state index is -4.71. The molecule has 0 fully saturated rings. The van der Waals surface area contributed by atoms with Crippen LogP contribution in [0.3, 0.4) is 0 Å². The van der Waals surface area contributed by atoms with Gasteiger partial charge >= 0.3 is 6.36 Å². The van der Waals surface area contributed by atoms with Gasteiger partial charge in [0.1, 0.15) is 11.4 Å². The lowest BCUT2D eigenvalue weighted by atomic mass is 10.3. The van der Waals surface area contributed by atoms with Gasteiger partial charge in [-0.1, -0.05) is 0 Å². The van der Waals surface area contributed by atoms with E-state index in [0.29, 0.717) is 15.9 Å². The molecule has 2 aromatic heterocycles. The number of halogens is 4. The number of hydrogen-bond acceptors (Lipinski definition) is 3. The van der Waals surface area contributed by atoms with Gasteiger partial charge in [0.05, 0.1) is 16.4 Å². The first-order valence-electron chi connectivity index (χ1n) is 4.76. The van der Waals surface area contributed by atoms with Crippen molar-refractivity contribution in [2.75, 3.05) is 0 Å².